The van der Waals surface area contributed by atoms with Gasteiger partial charge in [-0.1, -0.05) is 12.2 Å². The van der Waals surface area contributed by atoms with Crippen molar-refractivity contribution >= 4 is 27.2 Å². The average molecular weight is 279 g/mol. The Hall–Kier alpha value is -0.240. The van der Waals surface area contributed by atoms with E-state index in [0.717, 1.165) is 25.9 Å². The summed E-state index contributed by atoms with van der Waals surface area (Å²) in [6.07, 6.45) is 1.71. The van der Waals surface area contributed by atoms with Crippen molar-refractivity contribution in [1.82, 2.24) is 9.21 Å². The molecule has 1 aliphatic heterocycles. The third-order valence-corrected chi connectivity index (χ3v) is 6.20. The van der Waals surface area contributed by atoms with Crippen LogP contribution in [0.25, 0.3) is 0 Å². The summed E-state index contributed by atoms with van der Waals surface area (Å²) in [5, 5.41) is -0.790. The lowest BCUT2D eigenvalue weighted by Gasteiger charge is -2.35. The first-order valence-electron chi connectivity index (χ1n) is 5.71. The predicted molar refractivity (Wildman–Crippen MR) is 73.4 cm³/mol. The number of piperidine rings is 1. The second kappa shape index (κ2) is 5.60. The van der Waals surface area contributed by atoms with E-state index in [1.54, 1.807) is 14.0 Å². The van der Waals surface area contributed by atoms with Gasteiger partial charge < -0.3 is 10.6 Å². The lowest BCUT2D eigenvalue weighted by molar-refractivity contribution is 0.197. The summed E-state index contributed by atoms with van der Waals surface area (Å²) in [6.45, 7) is 3.39. The summed E-state index contributed by atoms with van der Waals surface area (Å²) < 4.78 is 25.8. The molecule has 0 amide bonds. The van der Waals surface area contributed by atoms with Crippen LogP contribution in [-0.2, 0) is 10.0 Å². The molecular formula is C10H21N3O2S2. The molecule has 0 radical (unpaired) electrons. The van der Waals surface area contributed by atoms with Crippen molar-refractivity contribution < 1.29 is 8.42 Å². The van der Waals surface area contributed by atoms with Gasteiger partial charge in [-0.15, -0.1) is 0 Å². The molecule has 0 saturated carbocycles. The van der Waals surface area contributed by atoms with Crippen LogP contribution in [0.2, 0.25) is 0 Å². The standard InChI is InChI=1S/C10H21N3O2S2/c1-8(10(11)16)17(14,15)13(3)9-4-6-12(2)7-5-9/h8-9H,4-7H2,1-3H3,(H2,11,16). The maximum atomic E-state index is 12.2. The number of sulfonamides is 1. The van der Waals surface area contributed by atoms with Gasteiger partial charge in [-0.05, 0) is 39.9 Å². The van der Waals surface area contributed by atoms with Gasteiger partial charge in [0.15, 0.2) is 0 Å². The Morgan fingerprint density at radius 2 is 1.94 bits per heavy atom. The van der Waals surface area contributed by atoms with Gasteiger partial charge in [0, 0.05) is 13.1 Å². The number of nitrogens with two attached hydrogens (primary N) is 1. The van der Waals surface area contributed by atoms with Gasteiger partial charge in [0.25, 0.3) is 0 Å². The average Bonchev–Trinajstić information content (AvgIpc) is 2.27. The molecule has 0 bridgehead atoms. The summed E-state index contributed by atoms with van der Waals surface area (Å²) in [4.78, 5) is 2.23. The van der Waals surface area contributed by atoms with Crippen LogP contribution >= 0.6 is 12.2 Å². The van der Waals surface area contributed by atoms with Gasteiger partial charge in [0.1, 0.15) is 5.25 Å². The molecule has 1 heterocycles. The summed E-state index contributed by atoms with van der Waals surface area (Å²) in [7, 11) is 0.262. The highest BCUT2D eigenvalue weighted by Gasteiger charge is 2.33. The minimum absolute atomic E-state index is 0.0322. The topological polar surface area (TPSA) is 66.6 Å². The number of nitrogens with zero attached hydrogens (tertiary/aromatic N) is 2. The van der Waals surface area contributed by atoms with Crippen LogP contribution in [0.15, 0.2) is 0 Å². The minimum Gasteiger partial charge on any atom is -0.392 e. The van der Waals surface area contributed by atoms with E-state index in [9.17, 15) is 8.42 Å². The summed E-state index contributed by atoms with van der Waals surface area (Å²) in [5.74, 6) is 0. The van der Waals surface area contributed by atoms with Crippen molar-refractivity contribution in [3.63, 3.8) is 0 Å². The SMILES string of the molecule is CC(C(N)=S)S(=O)(=O)N(C)C1CCN(C)CC1. The fourth-order valence-electron chi connectivity index (χ4n) is 1.96. The smallest absolute Gasteiger partial charge is 0.223 e. The Morgan fingerprint density at radius 3 is 2.35 bits per heavy atom. The molecular weight excluding hydrogens is 258 g/mol. The van der Waals surface area contributed by atoms with E-state index in [1.165, 1.54) is 4.31 Å². The Bertz CT molecular complexity index is 375. The summed E-state index contributed by atoms with van der Waals surface area (Å²) in [6, 6.07) is 0.0630. The zero-order chi connectivity index (χ0) is 13.2. The number of thiocarbonyl (C=S) groups is 1. The molecule has 1 unspecified atom stereocenters. The summed E-state index contributed by atoms with van der Waals surface area (Å²) >= 11 is 4.77. The van der Waals surface area contributed by atoms with Crippen LogP contribution in [0.3, 0.4) is 0 Å². The predicted octanol–water partition coefficient (Wildman–Crippen LogP) is 0.0168. The van der Waals surface area contributed by atoms with Crippen LogP contribution in [0.1, 0.15) is 19.8 Å². The first kappa shape index (κ1) is 14.8. The molecule has 0 aromatic carbocycles. The van der Waals surface area contributed by atoms with Gasteiger partial charge >= 0.3 is 0 Å². The molecule has 0 aliphatic carbocycles. The monoisotopic (exact) mass is 279 g/mol. The van der Waals surface area contributed by atoms with E-state index in [-0.39, 0.29) is 11.0 Å². The lowest BCUT2D eigenvalue weighted by atomic mass is 10.1. The van der Waals surface area contributed by atoms with Crippen molar-refractivity contribution in [2.24, 2.45) is 5.73 Å². The Kier molecular flexibility index (Phi) is 4.88. The Labute approximate surface area is 109 Å². The van der Waals surface area contributed by atoms with Crippen LogP contribution < -0.4 is 5.73 Å². The largest absolute Gasteiger partial charge is 0.392 e. The summed E-state index contributed by atoms with van der Waals surface area (Å²) in [5.41, 5.74) is 5.43. The highest BCUT2D eigenvalue weighted by molar-refractivity contribution is 7.92. The van der Waals surface area contributed by atoms with Crippen molar-refractivity contribution in [2.75, 3.05) is 27.2 Å². The number of hydrogen-bond donors (Lipinski definition) is 1. The first-order chi connectivity index (χ1) is 7.76. The molecule has 100 valence electrons. The van der Waals surface area contributed by atoms with Crippen LogP contribution in [-0.4, -0.2) is 61.1 Å². The lowest BCUT2D eigenvalue weighted by Crippen LogP contribution is -2.49. The minimum atomic E-state index is -3.41. The fraction of sp³-hybridized carbons (Fsp3) is 0.900. The van der Waals surface area contributed by atoms with Gasteiger partial charge in [0.05, 0.1) is 4.99 Å². The number of likely N-dealkylation sites (tertiary alicyclic amines) is 1. The molecule has 1 aliphatic rings. The highest BCUT2D eigenvalue weighted by Crippen LogP contribution is 2.19. The van der Waals surface area contributed by atoms with Crippen molar-refractivity contribution in [2.45, 2.75) is 31.1 Å². The van der Waals surface area contributed by atoms with Crippen molar-refractivity contribution in [1.29, 1.82) is 0 Å². The van der Waals surface area contributed by atoms with E-state index < -0.39 is 15.3 Å². The third kappa shape index (κ3) is 3.37. The molecule has 17 heavy (non-hydrogen) atoms. The molecule has 1 atom stereocenters. The van der Waals surface area contributed by atoms with E-state index in [2.05, 4.69) is 4.90 Å². The van der Waals surface area contributed by atoms with Crippen LogP contribution in [0, 0.1) is 0 Å². The molecule has 0 aromatic rings. The normalized spacial score (nSPS) is 21.6. The zero-order valence-electron chi connectivity index (χ0n) is 10.6. The second-order valence-corrected chi connectivity index (χ2v) is 7.42. The molecule has 1 rings (SSSR count). The Morgan fingerprint density at radius 1 is 1.47 bits per heavy atom. The van der Waals surface area contributed by atoms with Crippen LogP contribution in [0.5, 0.6) is 0 Å². The Balaban J connectivity index is 2.75. The maximum absolute atomic E-state index is 12.2. The van der Waals surface area contributed by atoms with Crippen molar-refractivity contribution in [3.8, 4) is 0 Å². The van der Waals surface area contributed by atoms with E-state index in [1.807, 2.05) is 7.05 Å². The third-order valence-electron chi connectivity index (χ3n) is 3.45. The molecule has 1 saturated heterocycles. The molecule has 7 heteroatoms. The molecule has 0 aromatic heterocycles. The first-order valence-corrected chi connectivity index (χ1v) is 7.62. The van der Waals surface area contributed by atoms with Crippen LogP contribution in [0.4, 0.5) is 0 Å². The molecule has 1 fully saturated rings. The molecule has 0 spiro atoms. The zero-order valence-corrected chi connectivity index (χ0v) is 12.2. The second-order valence-electron chi connectivity index (χ2n) is 4.64. The number of hydrogen-bond acceptors (Lipinski definition) is 4. The van der Waals surface area contributed by atoms with Gasteiger partial charge in [-0.3, -0.25) is 0 Å². The van der Waals surface area contributed by atoms with Crippen molar-refractivity contribution in [3.05, 3.63) is 0 Å². The van der Waals surface area contributed by atoms with E-state index >= 15 is 0 Å². The van der Waals surface area contributed by atoms with Gasteiger partial charge in [0.2, 0.25) is 10.0 Å². The molecule has 2 N–H and O–H groups in total. The molecule has 5 nitrogen and oxygen atoms in total. The highest BCUT2D eigenvalue weighted by atomic mass is 32.2. The number of rotatable bonds is 4. The van der Waals surface area contributed by atoms with E-state index in [4.69, 9.17) is 18.0 Å². The van der Waals surface area contributed by atoms with Gasteiger partial charge in [-0.2, -0.15) is 0 Å². The fourth-order valence-corrected chi connectivity index (χ4v) is 3.75. The van der Waals surface area contributed by atoms with E-state index in [0.29, 0.717) is 0 Å². The quantitative estimate of drug-likeness (QED) is 0.735. The van der Waals surface area contributed by atoms with Gasteiger partial charge in [-0.25, -0.2) is 12.7 Å². The maximum Gasteiger partial charge on any atom is 0.223 e.